The van der Waals surface area contributed by atoms with Crippen LogP contribution in [0, 0.1) is 6.92 Å². The third kappa shape index (κ3) is 7.55. The molecule has 12 heteroatoms. The molecule has 0 saturated heterocycles. The number of carbonyl (C=O) groups is 2. The summed E-state index contributed by atoms with van der Waals surface area (Å²) in [5.74, 6) is 1.98. The van der Waals surface area contributed by atoms with Crippen LogP contribution in [0.2, 0.25) is 0 Å². The van der Waals surface area contributed by atoms with Gasteiger partial charge in [0.25, 0.3) is 0 Å². The summed E-state index contributed by atoms with van der Waals surface area (Å²) in [6.45, 7) is 2.29. The molecule has 0 bridgehead atoms. The van der Waals surface area contributed by atoms with Crippen molar-refractivity contribution in [1.82, 2.24) is 25.1 Å². The zero-order valence-corrected chi connectivity index (χ0v) is 25.0. The lowest BCUT2D eigenvalue weighted by Crippen LogP contribution is -2.37. The summed E-state index contributed by atoms with van der Waals surface area (Å²) in [4.78, 5) is 29.6. The number of rotatable bonds is 11. The van der Waals surface area contributed by atoms with Gasteiger partial charge in [-0.2, -0.15) is 0 Å². The lowest BCUT2D eigenvalue weighted by atomic mass is 9.95. The van der Waals surface area contributed by atoms with Gasteiger partial charge in [-0.3, -0.25) is 9.59 Å². The molecule has 210 valence electrons. The first kappa shape index (κ1) is 28.4. The average Bonchev–Trinajstić information content (AvgIpc) is 3.53. The fraction of sp³-hybridized carbons (Fsp3) is 0.393. The van der Waals surface area contributed by atoms with Crippen molar-refractivity contribution in [3.05, 3.63) is 53.9 Å². The van der Waals surface area contributed by atoms with E-state index in [4.69, 9.17) is 4.74 Å². The van der Waals surface area contributed by atoms with Crippen molar-refractivity contribution < 1.29 is 14.3 Å². The molecule has 2 aromatic carbocycles. The smallest absolute Gasteiger partial charge is 0.234 e. The number of aromatic nitrogens is 4. The first-order valence-corrected chi connectivity index (χ1v) is 16.1. The highest BCUT2D eigenvalue weighted by Crippen LogP contribution is 2.31. The second kappa shape index (κ2) is 13.5. The monoisotopic (exact) mass is 596 g/mol. The van der Waals surface area contributed by atoms with Gasteiger partial charge in [-0.15, -0.1) is 21.5 Å². The largest absolute Gasteiger partial charge is 0.485 e. The topological polar surface area (TPSA) is 111 Å². The third-order valence-electron chi connectivity index (χ3n) is 6.66. The van der Waals surface area contributed by atoms with E-state index in [1.807, 2.05) is 61.0 Å². The molecular weight excluding hydrogens is 565 g/mol. The number of benzene rings is 2. The maximum absolute atomic E-state index is 12.7. The Labute approximate surface area is 245 Å². The minimum atomic E-state index is -0.136. The number of aryl methyl sites for hydroxylation is 1. The van der Waals surface area contributed by atoms with Gasteiger partial charge in [-0.1, -0.05) is 61.0 Å². The van der Waals surface area contributed by atoms with Crippen molar-refractivity contribution in [3.63, 3.8) is 0 Å². The standard InChI is InChI=1S/C28H32N6O3S3/c1-18-8-6-7-11-22(18)37-15-24-32-33-27(34(24)2)38-16-25(35)30-20-12-13-21-23(14-20)40-28(31-21)39-17-26(36)29-19-9-4-3-5-10-19/h6-8,11-14,19H,3-5,9-10,15-17H2,1-2H3,(H,29,36)(H,30,35). The molecule has 1 aliphatic rings. The van der Waals surface area contributed by atoms with Crippen LogP contribution in [0.1, 0.15) is 43.5 Å². The number of amides is 2. The van der Waals surface area contributed by atoms with Crippen LogP contribution in [0.25, 0.3) is 10.2 Å². The number of nitrogens with zero attached hydrogens (tertiary/aromatic N) is 4. The minimum Gasteiger partial charge on any atom is -0.485 e. The second-order valence-electron chi connectivity index (χ2n) is 9.70. The number of nitrogens with one attached hydrogen (secondary N) is 2. The zero-order valence-electron chi connectivity index (χ0n) is 22.5. The van der Waals surface area contributed by atoms with Gasteiger partial charge < -0.3 is 19.9 Å². The molecule has 1 saturated carbocycles. The predicted octanol–water partition coefficient (Wildman–Crippen LogP) is 5.58. The summed E-state index contributed by atoms with van der Waals surface area (Å²) in [5.41, 5.74) is 2.62. The van der Waals surface area contributed by atoms with E-state index >= 15 is 0 Å². The number of ether oxygens (including phenoxy) is 1. The molecule has 5 rings (SSSR count). The van der Waals surface area contributed by atoms with Crippen molar-refractivity contribution in [2.75, 3.05) is 16.8 Å². The number of hydrogen-bond donors (Lipinski definition) is 2. The molecular formula is C28H32N6O3S3. The molecule has 1 fully saturated rings. The maximum atomic E-state index is 12.7. The van der Waals surface area contributed by atoms with Crippen molar-refractivity contribution in [1.29, 1.82) is 0 Å². The van der Waals surface area contributed by atoms with Crippen LogP contribution in [0.3, 0.4) is 0 Å². The molecule has 0 atom stereocenters. The predicted molar refractivity (Wildman–Crippen MR) is 161 cm³/mol. The van der Waals surface area contributed by atoms with Gasteiger partial charge in [0, 0.05) is 18.8 Å². The molecule has 0 unspecified atom stereocenters. The van der Waals surface area contributed by atoms with Gasteiger partial charge in [0.2, 0.25) is 11.8 Å². The molecule has 2 N–H and O–H groups in total. The van der Waals surface area contributed by atoms with E-state index in [1.165, 1.54) is 54.1 Å². The number of carbonyl (C=O) groups excluding carboxylic acids is 2. The van der Waals surface area contributed by atoms with E-state index in [0.29, 0.717) is 35.1 Å². The molecule has 40 heavy (non-hydrogen) atoms. The van der Waals surface area contributed by atoms with Crippen molar-refractivity contribution in [2.45, 2.75) is 61.2 Å². The number of para-hydroxylation sites is 1. The zero-order chi connectivity index (χ0) is 27.9. The van der Waals surface area contributed by atoms with Gasteiger partial charge in [-0.05, 0) is 49.6 Å². The number of anilines is 1. The minimum absolute atomic E-state index is 0.0652. The van der Waals surface area contributed by atoms with E-state index in [-0.39, 0.29) is 17.6 Å². The highest BCUT2D eigenvalue weighted by molar-refractivity contribution is 8.01. The van der Waals surface area contributed by atoms with Crippen LogP contribution < -0.4 is 15.4 Å². The molecule has 2 amide bonds. The van der Waals surface area contributed by atoms with Crippen LogP contribution >= 0.6 is 34.9 Å². The van der Waals surface area contributed by atoms with Gasteiger partial charge in [0.1, 0.15) is 12.4 Å². The summed E-state index contributed by atoms with van der Waals surface area (Å²) >= 11 is 4.30. The van der Waals surface area contributed by atoms with E-state index in [9.17, 15) is 9.59 Å². The molecule has 0 aliphatic heterocycles. The third-order valence-corrected chi connectivity index (χ3v) is 9.84. The highest BCUT2D eigenvalue weighted by atomic mass is 32.2. The van der Waals surface area contributed by atoms with Crippen molar-refractivity contribution in [3.8, 4) is 5.75 Å². The molecule has 4 aromatic rings. The van der Waals surface area contributed by atoms with Crippen LogP contribution in [0.5, 0.6) is 5.75 Å². The lowest BCUT2D eigenvalue weighted by molar-refractivity contribution is -0.119. The van der Waals surface area contributed by atoms with E-state index in [2.05, 4.69) is 25.8 Å². The SMILES string of the molecule is Cc1ccccc1OCc1nnc(SCC(=O)Nc2ccc3nc(SCC(=O)NC4CCCCC4)sc3c2)n1C. The van der Waals surface area contributed by atoms with E-state index in [0.717, 1.165) is 38.7 Å². The number of fused-ring (bicyclic) bond motifs is 1. The molecule has 2 heterocycles. The maximum Gasteiger partial charge on any atom is 0.234 e. The molecule has 0 spiro atoms. The number of thioether (sulfide) groups is 2. The Kier molecular flexibility index (Phi) is 9.61. The Morgan fingerprint density at radius 3 is 2.67 bits per heavy atom. The summed E-state index contributed by atoms with van der Waals surface area (Å²) in [7, 11) is 1.86. The van der Waals surface area contributed by atoms with E-state index < -0.39 is 0 Å². The Morgan fingerprint density at radius 2 is 1.85 bits per heavy atom. The Balaban J connectivity index is 1.09. The van der Waals surface area contributed by atoms with Gasteiger partial charge in [0.15, 0.2) is 15.3 Å². The number of hydrogen-bond acceptors (Lipinski definition) is 9. The molecule has 1 aliphatic carbocycles. The molecule has 0 radical (unpaired) electrons. The van der Waals surface area contributed by atoms with Crippen LogP contribution in [-0.4, -0.2) is 49.1 Å². The lowest BCUT2D eigenvalue weighted by Gasteiger charge is -2.22. The molecule has 9 nitrogen and oxygen atoms in total. The quantitative estimate of drug-likeness (QED) is 0.216. The van der Waals surface area contributed by atoms with Crippen LogP contribution in [0.4, 0.5) is 5.69 Å². The van der Waals surface area contributed by atoms with Gasteiger partial charge in [0.05, 0.1) is 21.7 Å². The summed E-state index contributed by atoms with van der Waals surface area (Å²) in [5, 5.41) is 15.2. The van der Waals surface area contributed by atoms with Crippen molar-refractivity contribution in [2.24, 2.45) is 7.05 Å². The van der Waals surface area contributed by atoms with Crippen molar-refractivity contribution >= 4 is 62.6 Å². The second-order valence-corrected chi connectivity index (χ2v) is 12.9. The normalized spacial score (nSPS) is 13.8. The fourth-order valence-corrected chi connectivity index (χ4v) is 7.12. The Bertz CT molecular complexity index is 1480. The number of thiazole rings is 1. The molecule has 2 aromatic heterocycles. The fourth-order valence-electron chi connectivity index (χ4n) is 4.47. The van der Waals surface area contributed by atoms with Gasteiger partial charge in [-0.25, -0.2) is 4.98 Å². The summed E-state index contributed by atoms with van der Waals surface area (Å²) in [6.07, 6.45) is 5.81. The van der Waals surface area contributed by atoms with Crippen LogP contribution in [0.15, 0.2) is 52.0 Å². The average molecular weight is 597 g/mol. The Hall–Kier alpha value is -3.09. The first-order chi connectivity index (χ1) is 19.4. The highest BCUT2D eigenvalue weighted by Gasteiger charge is 2.17. The summed E-state index contributed by atoms with van der Waals surface area (Å²) < 4.78 is 9.53. The van der Waals surface area contributed by atoms with Crippen LogP contribution in [-0.2, 0) is 23.2 Å². The first-order valence-electron chi connectivity index (χ1n) is 13.3. The summed E-state index contributed by atoms with van der Waals surface area (Å²) in [6, 6.07) is 13.8. The van der Waals surface area contributed by atoms with E-state index in [1.54, 1.807) is 0 Å². The Morgan fingerprint density at radius 1 is 1.05 bits per heavy atom. The van der Waals surface area contributed by atoms with Gasteiger partial charge >= 0.3 is 0 Å².